The van der Waals surface area contributed by atoms with Crippen LogP contribution in [0.1, 0.15) is 41.4 Å². The standard InChI is InChI=1S/C23H18ClF7N6O3/c1-11(38)37(21(10-33)5-6-21)19(39)14-7-12(3-4-15(14)24)13(8-32)9-34-18-16(40-20(25)26)17(35-36(18)2)22(27,28)23(29,30)31/h3-4,7-9,20,32,34H,5-6H2,1-2H3/b13-9+,32-8?. The lowest BCUT2D eigenvalue weighted by atomic mass is 10.0. The van der Waals surface area contributed by atoms with Crippen LogP contribution in [0.3, 0.4) is 0 Å². The molecule has 0 bridgehead atoms. The fourth-order valence-corrected chi connectivity index (χ4v) is 3.89. The van der Waals surface area contributed by atoms with Crippen LogP contribution in [0.5, 0.6) is 5.75 Å². The summed E-state index contributed by atoms with van der Waals surface area (Å²) in [6.07, 6.45) is -4.12. The number of carbonyl (C=O) groups is 2. The number of amides is 2. The third kappa shape index (κ3) is 5.60. The summed E-state index contributed by atoms with van der Waals surface area (Å²) in [6, 6.07) is 5.60. The summed E-state index contributed by atoms with van der Waals surface area (Å²) in [5.74, 6) is -9.70. The van der Waals surface area contributed by atoms with Crippen molar-refractivity contribution in [1.82, 2.24) is 14.7 Å². The van der Waals surface area contributed by atoms with Gasteiger partial charge in [0, 0.05) is 32.0 Å². The van der Waals surface area contributed by atoms with Gasteiger partial charge in [-0.25, -0.2) is 4.68 Å². The molecule has 0 atom stereocenters. The summed E-state index contributed by atoms with van der Waals surface area (Å²) in [5.41, 5.74) is -3.78. The molecule has 1 aromatic carbocycles. The number of allylic oxidation sites excluding steroid dienone is 1. The number of benzene rings is 1. The van der Waals surface area contributed by atoms with E-state index in [0.717, 1.165) is 31.1 Å². The molecule has 17 heteroatoms. The molecule has 2 amide bonds. The predicted molar refractivity (Wildman–Crippen MR) is 126 cm³/mol. The minimum atomic E-state index is -6.18. The Morgan fingerprint density at radius 2 is 1.93 bits per heavy atom. The molecule has 1 saturated carbocycles. The number of halogens is 8. The van der Waals surface area contributed by atoms with E-state index in [-0.39, 0.29) is 34.6 Å². The second kappa shape index (κ2) is 10.8. The summed E-state index contributed by atoms with van der Waals surface area (Å²) >= 11 is 6.15. The first kappa shape index (κ1) is 30.4. The summed E-state index contributed by atoms with van der Waals surface area (Å²) < 4.78 is 97.0. The van der Waals surface area contributed by atoms with E-state index >= 15 is 0 Å². The number of imide groups is 1. The van der Waals surface area contributed by atoms with E-state index in [9.17, 15) is 45.6 Å². The van der Waals surface area contributed by atoms with Gasteiger partial charge < -0.3 is 15.5 Å². The number of alkyl halides is 7. The Balaban J connectivity index is 2.04. The highest BCUT2D eigenvalue weighted by Crippen LogP contribution is 2.49. The smallest absolute Gasteiger partial charge is 0.429 e. The van der Waals surface area contributed by atoms with E-state index in [1.165, 1.54) is 12.1 Å². The maximum Gasteiger partial charge on any atom is 0.459 e. The molecule has 1 aromatic heterocycles. The Hall–Kier alpha value is -4.13. The van der Waals surface area contributed by atoms with E-state index in [2.05, 4.69) is 15.2 Å². The number of hydrogen-bond acceptors (Lipinski definition) is 7. The number of anilines is 1. The first-order chi connectivity index (χ1) is 18.5. The van der Waals surface area contributed by atoms with Crippen molar-refractivity contribution in [2.24, 2.45) is 7.05 Å². The molecule has 3 rings (SSSR count). The molecular formula is C23H18ClF7N6O3. The highest BCUT2D eigenvalue weighted by molar-refractivity contribution is 6.34. The van der Waals surface area contributed by atoms with Gasteiger partial charge in [-0.05, 0) is 30.5 Å². The quantitative estimate of drug-likeness (QED) is 0.293. The van der Waals surface area contributed by atoms with Gasteiger partial charge in [0.25, 0.3) is 5.91 Å². The largest absolute Gasteiger partial charge is 0.459 e. The number of ether oxygens (including phenoxy) is 1. The van der Waals surface area contributed by atoms with Crippen molar-refractivity contribution in [1.29, 1.82) is 10.7 Å². The molecule has 1 aliphatic carbocycles. The summed E-state index contributed by atoms with van der Waals surface area (Å²) in [7, 11) is 0.882. The Labute approximate surface area is 226 Å². The molecule has 1 aliphatic rings. The van der Waals surface area contributed by atoms with Gasteiger partial charge in [0.1, 0.15) is 5.54 Å². The molecule has 0 spiro atoms. The number of nitrogens with one attached hydrogen (secondary N) is 2. The van der Waals surface area contributed by atoms with Crippen LogP contribution in [0.15, 0.2) is 24.4 Å². The maximum absolute atomic E-state index is 14.0. The van der Waals surface area contributed by atoms with Gasteiger partial charge in [-0.3, -0.25) is 14.5 Å². The number of aromatic nitrogens is 2. The molecule has 9 nitrogen and oxygen atoms in total. The first-order valence-electron chi connectivity index (χ1n) is 11.0. The van der Waals surface area contributed by atoms with Gasteiger partial charge in [-0.15, -0.1) is 0 Å². The van der Waals surface area contributed by atoms with Gasteiger partial charge in [0.15, 0.2) is 17.3 Å². The molecular weight excluding hydrogens is 577 g/mol. The highest BCUT2D eigenvalue weighted by atomic mass is 35.5. The van der Waals surface area contributed by atoms with Crippen molar-refractivity contribution in [2.75, 3.05) is 5.32 Å². The third-order valence-corrected chi connectivity index (χ3v) is 6.12. The zero-order chi connectivity index (χ0) is 30.2. The van der Waals surface area contributed by atoms with Crippen molar-refractivity contribution >= 4 is 41.0 Å². The van der Waals surface area contributed by atoms with Crippen LogP contribution in [0, 0.1) is 16.7 Å². The minimum Gasteiger partial charge on any atom is -0.429 e. The Kier molecular flexibility index (Phi) is 8.21. The molecule has 1 fully saturated rings. The molecule has 0 radical (unpaired) electrons. The predicted octanol–water partition coefficient (Wildman–Crippen LogP) is 5.48. The van der Waals surface area contributed by atoms with Gasteiger partial charge in [0.2, 0.25) is 5.91 Å². The average Bonchev–Trinajstić information content (AvgIpc) is 3.57. The van der Waals surface area contributed by atoms with Crippen LogP contribution in [0.2, 0.25) is 5.02 Å². The van der Waals surface area contributed by atoms with Crippen molar-refractivity contribution in [3.8, 4) is 11.8 Å². The van der Waals surface area contributed by atoms with Crippen molar-refractivity contribution < 1.29 is 45.1 Å². The second-order valence-electron chi connectivity index (χ2n) is 8.49. The van der Waals surface area contributed by atoms with E-state index < -0.39 is 53.3 Å². The average molecular weight is 595 g/mol. The lowest BCUT2D eigenvalue weighted by Crippen LogP contribution is -2.44. The van der Waals surface area contributed by atoms with Gasteiger partial charge >= 0.3 is 18.7 Å². The van der Waals surface area contributed by atoms with Crippen molar-refractivity contribution in [2.45, 2.75) is 44.0 Å². The topological polar surface area (TPSA) is 124 Å². The molecule has 214 valence electrons. The molecule has 2 aromatic rings. The third-order valence-electron chi connectivity index (χ3n) is 5.79. The fourth-order valence-electron chi connectivity index (χ4n) is 3.69. The summed E-state index contributed by atoms with van der Waals surface area (Å²) in [4.78, 5) is 26.1. The molecule has 0 aliphatic heterocycles. The number of hydrogen-bond donors (Lipinski definition) is 2. The maximum atomic E-state index is 14.0. The van der Waals surface area contributed by atoms with E-state index in [1.54, 1.807) is 0 Å². The lowest BCUT2D eigenvalue weighted by molar-refractivity contribution is -0.291. The van der Waals surface area contributed by atoms with Crippen LogP contribution >= 0.6 is 11.6 Å². The van der Waals surface area contributed by atoms with Crippen LogP contribution in [0.4, 0.5) is 36.6 Å². The minimum absolute atomic E-state index is 0.0555. The van der Waals surface area contributed by atoms with E-state index in [4.69, 9.17) is 17.0 Å². The lowest BCUT2D eigenvalue weighted by Gasteiger charge is -2.24. The molecule has 40 heavy (non-hydrogen) atoms. The molecule has 2 N–H and O–H groups in total. The number of nitriles is 1. The van der Waals surface area contributed by atoms with Crippen LogP contribution < -0.4 is 10.1 Å². The summed E-state index contributed by atoms with van der Waals surface area (Å²) in [5, 5.41) is 22.3. The summed E-state index contributed by atoms with van der Waals surface area (Å²) in [6.45, 7) is -2.71. The van der Waals surface area contributed by atoms with Gasteiger partial charge in [0.05, 0.1) is 16.7 Å². The van der Waals surface area contributed by atoms with Crippen LogP contribution in [0.25, 0.3) is 5.57 Å². The fraction of sp³-hybridized carbons (Fsp3) is 0.348. The number of nitrogens with zero attached hydrogens (tertiary/aromatic N) is 4. The zero-order valence-corrected chi connectivity index (χ0v) is 21.2. The Morgan fingerprint density at radius 3 is 2.40 bits per heavy atom. The van der Waals surface area contributed by atoms with Crippen molar-refractivity contribution in [3.05, 3.63) is 46.2 Å². The zero-order valence-electron chi connectivity index (χ0n) is 20.4. The Bertz CT molecular complexity index is 1430. The van der Waals surface area contributed by atoms with Gasteiger partial charge in [-0.1, -0.05) is 17.7 Å². The SMILES string of the molecule is CC(=O)N(C(=O)c1cc(/C(C=N)=C/Nc2c(OC(F)F)c(C(F)(F)C(F)(F)F)nn2C)ccc1Cl)C1(C#N)CC1. The van der Waals surface area contributed by atoms with Crippen LogP contribution in [-0.4, -0.2) is 51.0 Å². The number of carbonyl (C=O) groups excluding carboxylic acids is 2. The Morgan fingerprint density at radius 1 is 1.30 bits per heavy atom. The molecule has 1 heterocycles. The van der Waals surface area contributed by atoms with E-state index in [0.29, 0.717) is 10.9 Å². The van der Waals surface area contributed by atoms with Gasteiger partial charge in [-0.2, -0.15) is 41.1 Å². The molecule has 0 unspecified atom stereocenters. The van der Waals surface area contributed by atoms with Crippen LogP contribution in [-0.2, 0) is 17.8 Å². The number of aryl methyl sites for hydroxylation is 1. The highest BCUT2D eigenvalue weighted by Gasteiger charge is 2.62. The van der Waals surface area contributed by atoms with E-state index in [1.807, 2.05) is 6.07 Å². The normalized spacial score (nSPS) is 14.9. The monoisotopic (exact) mass is 594 g/mol. The van der Waals surface area contributed by atoms with Crippen molar-refractivity contribution in [3.63, 3.8) is 0 Å². The molecule has 0 saturated heterocycles. The second-order valence-corrected chi connectivity index (χ2v) is 8.89. The first-order valence-corrected chi connectivity index (χ1v) is 11.4. The number of rotatable bonds is 9.